The summed E-state index contributed by atoms with van der Waals surface area (Å²) >= 11 is 3.12. The molecule has 0 spiro atoms. The van der Waals surface area contributed by atoms with Crippen molar-refractivity contribution < 1.29 is 19.1 Å². The molecule has 3 aromatic rings. The van der Waals surface area contributed by atoms with Crippen LogP contribution in [0.2, 0.25) is 0 Å². The van der Waals surface area contributed by atoms with Gasteiger partial charge in [-0.3, -0.25) is 14.4 Å². The van der Waals surface area contributed by atoms with Gasteiger partial charge in [-0.15, -0.1) is 0 Å². The van der Waals surface area contributed by atoms with Gasteiger partial charge in [-0.25, -0.2) is 0 Å². The lowest BCUT2D eigenvalue weighted by atomic mass is 9.97. The molecule has 8 nitrogen and oxygen atoms in total. The summed E-state index contributed by atoms with van der Waals surface area (Å²) in [6.07, 6.45) is 1.74. The number of amides is 3. The number of methoxy groups -OCH3 is 1. The number of hydrogen-bond acceptors (Lipinski definition) is 4. The van der Waals surface area contributed by atoms with Gasteiger partial charge in [0.15, 0.2) is 0 Å². The van der Waals surface area contributed by atoms with Gasteiger partial charge in [0.1, 0.15) is 11.8 Å². The molecule has 0 aliphatic rings. The molecule has 4 N–H and O–H groups in total. The number of carbonyl (C=O) groups excluding carboxylic acids is 3. The van der Waals surface area contributed by atoms with Crippen molar-refractivity contribution in [2.75, 3.05) is 12.4 Å². The lowest BCUT2D eigenvalue weighted by Crippen LogP contribution is -2.54. The fraction of sp³-hybridized carbons (Fsp3) is 0.261. The van der Waals surface area contributed by atoms with E-state index in [9.17, 15) is 14.4 Å². The van der Waals surface area contributed by atoms with E-state index in [0.717, 1.165) is 16.5 Å². The molecular weight excluding hydrogens is 476 g/mol. The minimum atomic E-state index is -1.04. The Bertz CT molecular complexity index is 1110. The summed E-state index contributed by atoms with van der Waals surface area (Å²) in [4.78, 5) is 40.7. The van der Waals surface area contributed by atoms with Crippen molar-refractivity contribution in [2.45, 2.75) is 25.6 Å². The van der Waals surface area contributed by atoms with E-state index in [2.05, 4.69) is 36.9 Å². The fourth-order valence-electron chi connectivity index (χ4n) is 3.56. The smallest absolute Gasteiger partial charge is 0.245 e. The predicted molar refractivity (Wildman–Crippen MR) is 125 cm³/mol. The highest BCUT2D eigenvalue weighted by molar-refractivity contribution is 9.09. The molecule has 0 radical (unpaired) electrons. The lowest BCUT2D eigenvalue weighted by molar-refractivity contribution is -0.129. The third kappa shape index (κ3) is 5.47. The molecule has 2 atom stereocenters. The first-order valence-corrected chi connectivity index (χ1v) is 11.1. The zero-order valence-corrected chi connectivity index (χ0v) is 19.4. The topological polar surface area (TPSA) is 112 Å². The Kier molecular flexibility index (Phi) is 7.88. The van der Waals surface area contributed by atoms with Gasteiger partial charge in [0.2, 0.25) is 17.7 Å². The first-order chi connectivity index (χ1) is 15.4. The zero-order chi connectivity index (χ0) is 23.1. The number of H-pyrrole nitrogens is 1. The average Bonchev–Trinajstić information content (AvgIpc) is 3.23. The number of para-hydroxylation sites is 2. The molecule has 0 fully saturated rings. The van der Waals surface area contributed by atoms with E-state index in [1.165, 1.54) is 6.92 Å². The van der Waals surface area contributed by atoms with Gasteiger partial charge >= 0.3 is 0 Å². The Morgan fingerprint density at radius 1 is 1.06 bits per heavy atom. The van der Waals surface area contributed by atoms with E-state index < -0.39 is 18.0 Å². The summed E-state index contributed by atoms with van der Waals surface area (Å²) in [5.74, 6) is -0.494. The highest BCUT2D eigenvalue weighted by atomic mass is 79.9. The van der Waals surface area contributed by atoms with E-state index in [4.69, 9.17) is 4.74 Å². The first-order valence-electron chi connectivity index (χ1n) is 10.0. The third-order valence-electron chi connectivity index (χ3n) is 5.01. The maximum absolute atomic E-state index is 13.3. The number of benzene rings is 2. The van der Waals surface area contributed by atoms with Crippen LogP contribution in [0.5, 0.6) is 5.75 Å². The fourth-order valence-corrected chi connectivity index (χ4v) is 3.73. The molecular formula is C23H25BrN4O4. The highest BCUT2D eigenvalue weighted by Gasteiger charge is 2.33. The second-order valence-corrected chi connectivity index (χ2v) is 7.74. The lowest BCUT2D eigenvalue weighted by Gasteiger charge is -2.28. The summed E-state index contributed by atoms with van der Waals surface area (Å²) in [5, 5.41) is 9.29. The Balaban J connectivity index is 1.93. The summed E-state index contributed by atoms with van der Waals surface area (Å²) in [6.45, 7) is 1.57. The maximum atomic E-state index is 13.3. The molecule has 1 heterocycles. The van der Waals surface area contributed by atoms with Crippen molar-refractivity contribution in [3.63, 3.8) is 0 Å². The summed E-state index contributed by atoms with van der Waals surface area (Å²) in [5.41, 5.74) is 2.35. The van der Waals surface area contributed by atoms with E-state index in [0.29, 0.717) is 11.3 Å². The minimum absolute atomic E-state index is 0.0178. The molecule has 168 valence electrons. The molecule has 2 aromatic carbocycles. The van der Waals surface area contributed by atoms with Gasteiger partial charge in [-0.05, 0) is 12.1 Å². The van der Waals surface area contributed by atoms with Gasteiger partial charge in [-0.2, -0.15) is 0 Å². The molecule has 32 heavy (non-hydrogen) atoms. The largest absolute Gasteiger partial charge is 0.496 e. The molecule has 2 unspecified atom stereocenters. The summed E-state index contributed by atoms with van der Waals surface area (Å²) in [7, 11) is 1.56. The molecule has 0 aliphatic carbocycles. The third-order valence-corrected chi connectivity index (χ3v) is 5.52. The summed E-state index contributed by atoms with van der Waals surface area (Å²) < 4.78 is 5.34. The second-order valence-electron chi connectivity index (χ2n) is 7.18. The van der Waals surface area contributed by atoms with Gasteiger partial charge in [0, 0.05) is 41.7 Å². The number of halogens is 1. The van der Waals surface area contributed by atoms with Crippen LogP contribution < -0.4 is 20.7 Å². The normalized spacial score (nSPS) is 12.6. The van der Waals surface area contributed by atoms with Crippen LogP contribution >= 0.6 is 15.9 Å². The van der Waals surface area contributed by atoms with Gasteiger partial charge in [0.05, 0.1) is 18.5 Å². The van der Waals surface area contributed by atoms with Crippen LogP contribution in [0.15, 0.2) is 54.7 Å². The van der Waals surface area contributed by atoms with Crippen molar-refractivity contribution in [3.8, 4) is 5.75 Å². The Hall–Kier alpha value is -3.33. The average molecular weight is 501 g/mol. The molecule has 3 amide bonds. The number of fused-ring (bicyclic) bond motifs is 1. The Morgan fingerprint density at radius 3 is 2.50 bits per heavy atom. The monoisotopic (exact) mass is 500 g/mol. The van der Waals surface area contributed by atoms with Crippen molar-refractivity contribution >= 4 is 44.6 Å². The van der Waals surface area contributed by atoms with E-state index >= 15 is 0 Å². The standard InChI is InChI=1S/C23H25BrN4O4/c1-14(29)27-21(17-13-25-18-9-5-4-8-16(17)18)22(28-20(30)11-24)23(31)26-12-15-7-3-6-10-19(15)32-2/h3-10,13,21-22,25H,11-12H2,1-2H3,(H,26,31)(H,27,29)(H,28,30). The van der Waals surface area contributed by atoms with Gasteiger partial charge < -0.3 is 25.7 Å². The molecule has 3 rings (SSSR count). The number of hydrogen-bond donors (Lipinski definition) is 4. The van der Waals surface area contributed by atoms with Crippen molar-refractivity contribution in [2.24, 2.45) is 0 Å². The number of rotatable bonds is 9. The highest BCUT2D eigenvalue weighted by Crippen LogP contribution is 2.27. The molecule has 0 aliphatic heterocycles. The number of aromatic nitrogens is 1. The molecule has 0 saturated carbocycles. The SMILES string of the molecule is COc1ccccc1CNC(=O)C(NC(=O)CBr)C(NC(C)=O)c1c[nH]c2ccccc12. The maximum Gasteiger partial charge on any atom is 0.245 e. The van der Waals surface area contributed by atoms with Crippen LogP contribution in [0.3, 0.4) is 0 Å². The molecule has 1 aromatic heterocycles. The second kappa shape index (κ2) is 10.8. The summed E-state index contributed by atoms with van der Waals surface area (Å²) in [6, 6.07) is 13.1. The number of alkyl halides is 1. The van der Waals surface area contributed by atoms with Crippen molar-refractivity contribution in [3.05, 3.63) is 65.9 Å². The molecule has 0 bridgehead atoms. The quantitative estimate of drug-likeness (QED) is 0.338. The zero-order valence-electron chi connectivity index (χ0n) is 17.8. The van der Waals surface area contributed by atoms with Crippen LogP contribution in [-0.4, -0.2) is 41.2 Å². The van der Waals surface area contributed by atoms with Crippen LogP contribution in [0, 0.1) is 0 Å². The Labute approximate surface area is 194 Å². The van der Waals surface area contributed by atoms with Crippen LogP contribution in [-0.2, 0) is 20.9 Å². The molecule has 0 saturated heterocycles. The van der Waals surface area contributed by atoms with Crippen molar-refractivity contribution in [1.82, 2.24) is 20.9 Å². The number of carbonyl (C=O) groups is 3. The van der Waals surface area contributed by atoms with Gasteiger partial charge in [0.25, 0.3) is 0 Å². The first kappa shape index (κ1) is 23.3. The number of aromatic amines is 1. The van der Waals surface area contributed by atoms with E-state index in [1.807, 2.05) is 42.5 Å². The predicted octanol–water partition coefficient (Wildman–Crippen LogP) is 2.55. The minimum Gasteiger partial charge on any atom is -0.496 e. The van der Waals surface area contributed by atoms with Crippen molar-refractivity contribution in [1.29, 1.82) is 0 Å². The van der Waals surface area contributed by atoms with E-state index in [1.54, 1.807) is 19.4 Å². The van der Waals surface area contributed by atoms with Crippen LogP contribution in [0.1, 0.15) is 24.1 Å². The van der Waals surface area contributed by atoms with Gasteiger partial charge in [-0.1, -0.05) is 52.3 Å². The molecule has 9 heteroatoms. The van der Waals surface area contributed by atoms with Crippen LogP contribution in [0.4, 0.5) is 0 Å². The van der Waals surface area contributed by atoms with E-state index in [-0.39, 0.29) is 23.7 Å². The number of ether oxygens (including phenoxy) is 1. The van der Waals surface area contributed by atoms with Crippen LogP contribution in [0.25, 0.3) is 10.9 Å². The number of nitrogens with one attached hydrogen (secondary N) is 4. The Morgan fingerprint density at radius 2 is 1.78 bits per heavy atom.